The first kappa shape index (κ1) is 9.77. The molecule has 0 spiro atoms. The molecule has 0 amide bonds. The van der Waals surface area contributed by atoms with Crippen molar-refractivity contribution in [2.75, 3.05) is 7.11 Å². The number of nitrogens with zero attached hydrogens (tertiary/aromatic N) is 2. The van der Waals surface area contributed by atoms with Gasteiger partial charge in [0.1, 0.15) is 7.11 Å². The number of aryl methyl sites for hydroxylation is 2. The van der Waals surface area contributed by atoms with Crippen molar-refractivity contribution in [3.05, 3.63) is 53.9 Å². The van der Waals surface area contributed by atoms with Crippen molar-refractivity contribution in [2.24, 2.45) is 0 Å². The second-order valence-electron chi connectivity index (χ2n) is 3.38. The summed E-state index contributed by atoms with van der Waals surface area (Å²) in [5.41, 5.74) is 2.39. The fourth-order valence-electron chi connectivity index (χ4n) is 1.50. The molecular formula is C12H14N2O. The molecule has 15 heavy (non-hydrogen) atoms. The lowest BCUT2D eigenvalue weighted by Gasteiger charge is -1.98. The van der Waals surface area contributed by atoms with Gasteiger partial charge in [0.15, 0.2) is 0 Å². The molecule has 0 unspecified atom stereocenters. The molecule has 0 fully saturated rings. The molecule has 1 aromatic carbocycles. The minimum absolute atomic E-state index is 0.945. The summed E-state index contributed by atoms with van der Waals surface area (Å²) in [7, 11) is 1.61. The third-order valence-corrected chi connectivity index (χ3v) is 2.32. The average Bonchev–Trinajstić information content (AvgIpc) is 2.76. The minimum atomic E-state index is 0.945. The van der Waals surface area contributed by atoms with E-state index in [9.17, 15) is 0 Å². The van der Waals surface area contributed by atoms with E-state index in [2.05, 4.69) is 29.4 Å². The second-order valence-corrected chi connectivity index (χ2v) is 3.38. The fourth-order valence-corrected chi connectivity index (χ4v) is 1.50. The number of hydrogen-bond donors (Lipinski definition) is 0. The lowest BCUT2D eigenvalue weighted by atomic mass is 10.1. The van der Waals surface area contributed by atoms with E-state index in [-0.39, 0.29) is 0 Å². The highest BCUT2D eigenvalue weighted by Crippen LogP contribution is 2.04. The molecular weight excluding hydrogens is 188 g/mol. The van der Waals surface area contributed by atoms with Gasteiger partial charge in [0.25, 0.3) is 0 Å². The van der Waals surface area contributed by atoms with Gasteiger partial charge in [-0.1, -0.05) is 30.3 Å². The minimum Gasteiger partial charge on any atom is -0.400 e. The Morgan fingerprint density at radius 2 is 1.93 bits per heavy atom. The van der Waals surface area contributed by atoms with Crippen LogP contribution in [-0.4, -0.2) is 17.1 Å². The van der Waals surface area contributed by atoms with Gasteiger partial charge in [0.2, 0.25) is 0 Å². The maximum atomic E-state index is 4.95. The molecule has 0 radical (unpaired) electrons. The number of rotatable bonds is 4. The topological polar surface area (TPSA) is 27.1 Å². The molecule has 2 rings (SSSR count). The van der Waals surface area contributed by atoms with E-state index in [0.717, 1.165) is 18.5 Å². The van der Waals surface area contributed by atoms with Crippen molar-refractivity contribution in [1.82, 2.24) is 9.94 Å². The van der Waals surface area contributed by atoms with Crippen molar-refractivity contribution < 1.29 is 4.84 Å². The van der Waals surface area contributed by atoms with Gasteiger partial charge >= 0.3 is 0 Å². The highest BCUT2D eigenvalue weighted by molar-refractivity contribution is 5.16. The zero-order chi connectivity index (χ0) is 10.5. The summed E-state index contributed by atoms with van der Waals surface area (Å²) in [6, 6.07) is 12.4. The molecule has 0 N–H and O–H groups in total. The van der Waals surface area contributed by atoms with Crippen LogP contribution in [0.5, 0.6) is 0 Å². The van der Waals surface area contributed by atoms with Crippen molar-refractivity contribution in [2.45, 2.75) is 12.8 Å². The molecule has 1 aromatic heterocycles. The lowest BCUT2D eigenvalue weighted by Crippen LogP contribution is -2.06. The molecule has 0 saturated heterocycles. The first-order valence-electron chi connectivity index (χ1n) is 5.01. The van der Waals surface area contributed by atoms with E-state index in [1.54, 1.807) is 7.11 Å². The zero-order valence-electron chi connectivity index (χ0n) is 8.76. The van der Waals surface area contributed by atoms with Crippen LogP contribution >= 0.6 is 0 Å². The zero-order valence-corrected chi connectivity index (χ0v) is 8.76. The Kier molecular flexibility index (Phi) is 3.02. The summed E-state index contributed by atoms with van der Waals surface area (Å²) < 4.78 is 0. The van der Waals surface area contributed by atoms with E-state index in [0.29, 0.717) is 0 Å². The molecule has 0 aliphatic heterocycles. The first-order valence-corrected chi connectivity index (χ1v) is 5.01. The first-order chi connectivity index (χ1) is 7.38. The van der Waals surface area contributed by atoms with Crippen LogP contribution in [0.25, 0.3) is 0 Å². The Bertz CT molecular complexity index is 409. The van der Waals surface area contributed by atoms with Crippen LogP contribution in [0.15, 0.2) is 42.6 Å². The van der Waals surface area contributed by atoms with Crippen molar-refractivity contribution in [3.63, 3.8) is 0 Å². The molecule has 1 heterocycles. The Morgan fingerprint density at radius 3 is 2.60 bits per heavy atom. The smallest absolute Gasteiger partial charge is 0.106 e. The highest BCUT2D eigenvalue weighted by atomic mass is 16.7. The van der Waals surface area contributed by atoms with Crippen molar-refractivity contribution in [1.29, 1.82) is 0 Å². The monoisotopic (exact) mass is 202 g/mol. The molecule has 0 saturated carbocycles. The van der Waals surface area contributed by atoms with Gasteiger partial charge in [-0.2, -0.15) is 0 Å². The summed E-state index contributed by atoms with van der Waals surface area (Å²) in [4.78, 5) is 6.42. The molecule has 78 valence electrons. The molecule has 0 aliphatic carbocycles. The van der Waals surface area contributed by atoms with Crippen LogP contribution < -0.4 is 4.84 Å². The van der Waals surface area contributed by atoms with E-state index in [1.807, 2.05) is 18.3 Å². The van der Waals surface area contributed by atoms with E-state index in [1.165, 1.54) is 10.4 Å². The molecule has 3 heteroatoms. The molecule has 0 atom stereocenters. The SMILES string of the molecule is COn1ccc(CCc2ccccc2)n1. The van der Waals surface area contributed by atoms with Crippen LogP contribution in [0.1, 0.15) is 11.3 Å². The van der Waals surface area contributed by atoms with Crippen molar-refractivity contribution >= 4 is 0 Å². The number of hydrogen-bond acceptors (Lipinski definition) is 2. The lowest BCUT2D eigenvalue weighted by molar-refractivity contribution is 0.133. The number of benzene rings is 1. The van der Waals surface area contributed by atoms with Gasteiger partial charge in [-0.05, 0) is 24.5 Å². The third kappa shape index (κ3) is 2.59. The van der Waals surface area contributed by atoms with Crippen LogP contribution in [0.2, 0.25) is 0 Å². The summed E-state index contributed by atoms with van der Waals surface area (Å²) in [6.45, 7) is 0. The second kappa shape index (κ2) is 4.64. The van der Waals surface area contributed by atoms with E-state index < -0.39 is 0 Å². The van der Waals surface area contributed by atoms with Gasteiger partial charge in [-0.15, -0.1) is 9.94 Å². The molecule has 3 nitrogen and oxygen atoms in total. The van der Waals surface area contributed by atoms with Gasteiger partial charge in [0.05, 0.1) is 11.9 Å². The predicted octanol–water partition coefficient (Wildman–Crippen LogP) is 1.73. The van der Waals surface area contributed by atoms with E-state index >= 15 is 0 Å². The van der Waals surface area contributed by atoms with E-state index in [4.69, 9.17) is 4.84 Å². The summed E-state index contributed by atoms with van der Waals surface area (Å²) >= 11 is 0. The van der Waals surface area contributed by atoms with Gasteiger partial charge in [0, 0.05) is 0 Å². The van der Waals surface area contributed by atoms with Crippen molar-refractivity contribution in [3.8, 4) is 0 Å². The number of aromatic nitrogens is 2. The maximum Gasteiger partial charge on any atom is 0.106 e. The maximum absolute atomic E-state index is 4.95. The van der Waals surface area contributed by atoms with Crippen LogP contribution in [0.3, 0.4) is 0 Å². The van der Waals surface area contributed by atoms with Crippen LogP contribution in [-0.2, 0) is 12.8 Å². The summed E-state index contributed by atoms with van der Waals surface area (Å²) in [5.74, 6) is 0. The largest absolute Gasteiger partial charge is 0.400 e. The van der Waals surface area contributed by atoms with Gasteiger partial charge in [-0.3, -0.25) is 0 Å². The molecule has 0 bridgehead atoms. The van der Waals surface area contributed by atoms with Gasteiger partial charge in [-0.25, -0.2) is 0 Å². The summed E-state index contributed by atoms with van der Waals surface area (Å²) in [5, 5.41) is 4.24. The Hall–Kier alpha value is -1.77. The Morgan fingerprint density at radius 1 is 1.13 bits per heavy atom. The summed E-state index contributed by atoms with van der Waals surface area (Å²) in [6.07, 6.45) is 3.78. The van der Waals surface area contributed by atoms with Crippen LogP contribution in [0, 0.1) is 0 Å². The quantitative estimate of drug-likeness (QED) is 0.755. The highest BCUT2D eigenvalue weighted by Gasteiger charge is 1.99. The standard InChI is InChI=1S/C12H14N2O/c1-15-14-10-9-12(13-14)8-7-11-5-3-2-4-6-11/h2-6,9-10H,7-8H2,1H3. The molecule has 0 aliphatic rings. The normalized spacial score (nSPS) is 10.2. The fraction of sp³-hybridized carbons (Fsp3) is 0.250. The molecule has 2 aromatic rings. The predicted molar refractivity (Wildman–Crippen MR) is 58.6 cm³/mol. The average molecular weight is 202 g/mol. The Labute approximate surface area is 89.3 Å². The Balaban J connectivity index is 1.93. The van der Waals surface area contributed by atoms with Crippen LogP contribution in [0.4, 0.5) is 0 Å². The van der Waals surface area contributed by atoms with Gasteiger partial charge < -0.3 is 4.84 Å². The third-order valence-electron chi connectivity index (χ3n) is 2.32.